The number of nitro benzene ring substituents is 1. The van der Waals surface area contributed by atoms with Gasteiger partial charge in [-0.05, 0) is 40.5 Å². The third kappa shape index (κ3) is 6.29. The van der Waals surface area contributed by atoms with Gasteiger partial charge in [0, 0.05) is 35.4 Å². The molecule has 2 N–H and O–H groups in total. The molecule has 0 aliphatic carbocycles. The van der Waals surface area contributed by atoms with Gasteiger partial charge in [-0.2, -0.15) is 0 Å². The van der Waals surface area contributed by atoms with Crippen LogP contribution in [-0.4, -0.2) is 28.5 Å². The van der Waals surface area contributed by atoms with Gasteiger partial charge < -0.3 is 10.6 Å². The van der Waals surface area contributed by atoms with Crippen LogP contribution >= 0.6 is 0 Å². The number of amides is 2. The van der Waals surface area contributed by atoms with Crippen molar-refractivity contribution in [3.63, 3.8) is 0 Å². The Bertz CT molecular complexity index is 1870. The number of nitro groups is 1. The van der Waals surface area contributed by atoms with Crippen molar-refractivity contribution in [2.24, 2.45) is 4.99 Å². The van der Waals surface area contributed by atoms with Crippen LogP contribution in [0.2, 0.25) is 0 Å². The quantitative estimate of drug-likeness (QED) is 0.154. The average Bonchev–Trinajstić information content (AvgIpc) is 3.18. The number of anilines is 2. The fraction of sp³-hybridized carbons (Fsp3) is 0.0833. The predicted octanol–water partition coefficient (Wildman–Crippen LogP) is 6.84. The summed E-state index contributed by atoms with van der Waals surface area (Å²) >= 11 is 0. The molecule has 0 saturated heterocycles. The molecule has 2 amide bonds. The van der Waals surface area contributed by atoms with Crippen molar-refractivity contribution in [1.82, 2.24) is 0 Å². The number of benzodiazepines with no additional fused rings is 1. The Morgan fingerprint density at radius 2 is 1.48 bits per heavy atom. The van der Waals surface area contributed by atoms with Crippen molar-refractivity contribution in [3.8, 4) is 11.1 Å². The zero-order valence-electron chi connectivity index (χ0n) is 23.6. The Morgan fingerprint density at radius 1 is 0.795 bits per heavy atom. The lowest BCUT2D eigenvalue weighted by molar-refractivity contribution is -0.384. The first-order chi connectivity index (χ1) is 21.4. The van der Waals surface area contributed by atoms with Crippen molar-refractivity contribution < 1.29 is 14.5 Å². The number of hydrogen-bond acceptors (Lipinski definition) is 5. The molecule has 44 heavy (non-hydrogen) atoms. The molecule has 0 bridgehead atoms. The molecule has 0 saturated carbocycles. The van der Waals surface area contributed by atoms with Crippen LogP contribution in [0.25, 0.3) is 11.1 Å². The van der Waals surface area contributed by atoms with Gasteiger partial charge in [-0.25, -0.2) is 0 Å². The van der Waals surface area contributed by atoms with E-state index in [1.165, 1.54) is 12.1 Å². The van der Waals surface area contributed by atoms with Crippen LogP contribution in [0.4, 0.5) is 17.1 Å². The maximum absolute atomic E-state index is 13.6. The third-order valence-electron chi connectivity index (χ3n) is 7.48. The first kappa shape index (κ1) is 28.2. The van der Waals surface area contributed by atoms with Gasteiger partial charge in [0.1, 0.15) is 6.04 Å². The lowest BCUT2D eigenvalue weighted by atomic mass is 9.95. The van der Waals surface area contributed by atoms with Gasteiger partial charge in [0.15, 0.2) is 0 Å². The number of carbonyl (C=O) groups is 2. The second-order valence-corrected chi connectivity index (χ2v) is 10.5. The number of rotatable bonds is 8. The van der Waals surface area contributed by atoms with Crippen LogP contribution in [0.5, 0.6) is 0 Å². The van der Waals surface area contributed by atoms with Gasteiger partial charge in [-0.3, -0.25) is 24.7 Å². The second kappa shape index (κ2) is 12.5. The van der Waals surface area contributed by atoms with E-state index in [4.69, 9.17) is 4.99 Å². The molecule has 8 heteroatoms. The molecular weight excluding hydrogens is 552 g/mol. The molecule has 216 valence electrons. The van der Waals surface area contributed by atoms with Gasteiger partial charge in [0.05, 0.1) is 22.7 Å². The Labute approximate surface area is 254 Å². The summed E-state index contributed by atoms with van der Waals surface area (Å²) in [5.41, 5.74) is 6.52. The first-order valence-corrected chi connectivity index (χ1v) is 14.2. The minimum atomic E-state index is -0.799. The molecule has 0 spiro atoms. The summed E-state index contributed by atoms with van der Waals surface area (Å²) < 4.78 is 0. The van der Waals surface area contributed by atoms with Crippen molar-refractivity contribution in [2.45, 2.75) is 18.9 Å². The van der Waals surface area contributed by atoms with Gasteiger partial charge in [-0.1, -0.05) is 97.1 Å². The van der Waals surface area contributed by atoms with E-state index in [0.29, 0.717) is 34.6 Å². The predicted molar refractivity (Wildman–Crippen MR) is 172 cm³/mol. The summed E-state index contributed by atoms with van der Waals surface area (Å²) in [6, 6.07) is 38.1. The Kier molecular flexibility index (Phi) is 8.05. The summed E-state index contributed by atoms with van der Waals surface area (Å²) in [5.74, 6) is -0.491. The topological polar surface area (TPSA) is 114 Å². The maximum atomic E-state index is 13.6. The van der Waals surface area contributed by atoms with Gasteiger partial charge in [0.2, 0.25) is 11.8 Å². The minimum Gasteiger partial charge on any atom is -0.326 e. The highest BCUT2D eigenvalue weighted by atomic mass is 16.6. The Balaban J connectivity index is 1.34. The van der Waals surface area contributed by atoms with Crippen LogP contribution in [0.15, 0.2) is 132 Å². The SMILES string of the molecule is O=C(Cc1ccccc1)Nc1ccc(C2=NC(Cc3ccccc3-c3ccccc3)C(=O)Nc3cc([N+](=O)[O-])ccc32)cc1. The first-order valence-electron chi connectivity index (χ1n) is 14.2. The maximum Gasteiger partial charge on any atom is 0.271 e. The van der Waals surface area contributed by atoms with E-state index in [0.717, 1.165) is 22.3 Å². The van der Waals surface area contributed by atoms with Crippen molar-refractivity contribution in [2.75, 3.05) is 10.6 Å². The summed E-state index contributed by atoms with van der Waals surface area (Å²) in [6.07, 6.45) is 0.575. The van der Waals surface area contributed by atoms with Crippen molar-refractivity contribution in [3.05, 3.63) is 160 Å². The summed E-state index contributed by atoms with van der Waals surface area (Å²) in [5, 5.41) is 17.4. The van der Waals surface area contributed by atoms with Gasteiger partial charge in [0.25, 0.3) is 5.69 Å². The highest BCUT2D eigenvalue weighted by Gasteiger charge is 2.28. The molecule has 5 aromatic carbocycles. The number of nitrogens with one attached hydrogen (secondary N) is 2. The number of benzene rings is 5. The smallest absolute Gasteiger partial charge is 0.271 e. The lowest BCUT2D eigenvalue weighted by Crippen LogP contribution is -2.27. The zero-order chi connectivity index (χ0) is 30.5. The van der Waals surface area contributed by atoms with E-state index in [2.05, 4.69) is 10.6 Å². The van der Waals surface area contributed by atoms with Crippen LogP contribution < -0.4 is 10.6 Å². The van der Waals surface area contributed by atoms with Gasteiger partial charge in [-0.15, -0.1) is 0 Å². The number of fused-ring (bicyclic) bond motifs is 1. The van der Waals surface area contributed by atoms with Crippen LogP contribution in [0.1, 0.15) is 22.3 Å². The van der Waals surface area contributed by atoms with E-state index in [-0.39, 0.29) is 23.9 Å². The third-order valence-corrected chi connectivity index (χ3v) is 7.48. The van der Waals surface area contributed by atoms with E-state index < -0.39 is 11.0 Å². The number of aliphatic imine (C=N–C) groups is 1. The molecular formula is C36H28N4O4. The molecule has 0 aromatic heterocycles. The lowest BCUT2D eigenvalue weighted by Gasteiger charge is -2.15. The van der Waals surface area contributed by atoms with E-state index in [9.17, 15) is 19.7 Å². The van der Waals surface area contributed by atoms with E-state index in [1.807, 2.05) is 97.1 Å². The van der Waals surface area contributed by atoms with Crippen LogP contribution in [0, 0.1) is 10.1 Å². The molecule has 1 heterocycles. The van der Waals surface area contributed by atoms with Crippen molar-refractivity contribution >= 4 is 34.6 Å². The fourth-order valence-corrected chi connectivity index (χ4v) is 5.33. The molecule has 6 rings (SSSR count). The average molecular weight is 581 g/mol. The molecule has 1 atom stereocenters. The normalized spacial score (nSPS) is 14.0. The highest BCUT2D eigenvalue weighted by Crippen LogP contribution is 2.31. The summed E-state index contributed by atoms with van der Waals surface area (Å²) in [4.78, 5) is 42.2. The summed E-state index contributed by atoms with van der Waals surface area (Å²) in [6.45, 7) is 0. The molecule has 0 fully saturated rings. The van der Waals surface area contributed by atoms with E-state index in [1.54, 1.807) is 18.2 Å². The van der Waals surface area contributed by atoms with Crippen LogP contribution in [-0.2, 0) is 22.4 Å². The number of non-ortho nitro benzene ring substituents is 1. The Hall–Kier alpha value is -5.89. The molecule has 1 aliphatic heterocycles. The molecule has 8 nitrogen and oxygen atoms in total. The largest absolute Gasteiger partial charge is 0.326 e. The molecule has 1 aliphatic rings. The number of carbonyl (C=O) groups excluding carboxylic acids is 2. The van der Waals surface area contributed by atoms with Crippen molar-refractivity contribution in [1.29, 1.82) is 0 Å². The molecule has 0 radical (unpaired) electrons. The minimum absolute atomic E-state index is 0.132. The monoisotopic (exact) mass is 580 g/mol. The second-order valence-electron chi connectivity index (χ2n) is 10.5. The standard InChI is InChI=1S/C36H28N4O4/c41-34(21-24-9-3-1-4-10-24)37-28-17-15-26(16-18-28)35-31-20-19-29(40(43)44)23-32(31)39-36(42)33(38-35)22-27-13-7-8-14-30(27)25-11-5-2-6-12-25/h1-20,23,33H,21-22H2,(H,37,41)(H,39,42). The molecule has 5 aromatic rings. The fourth-order valence-electron chi connectivity index (χ4n) is 5.33. The Morgan fingerprint density at radius 3 is 2.20 bits per heavy atom. The highest BCUT2D eigenvalue weighted by molar-refractivity contribution is 6.20. The number of nitrogens with zero attached hydrogens (tertiary/aromatic N) is 2. The van der Waals surface area contributed by atoms with E-state index >= 15 is 0 Å². The number of hydrogen-bond donors (Lipinski definition) is 2. The summed E-state index contributed by atoms with van der Waals surface area (Å²) in [7, 11) is 0. The zero-order valence-corrected chi connectivity index (χ0v) is 23.6. The van der Waals surface area contributed by atoms with Crippen LogP contribution in [0.3, 0.4) is 0 Å². The van der Waals surface area contributed by atoms with Gasteiger partial charge >= 0.3 is 0 Å². The molecule has 1 unspecified atom stereocenters.